The molecule has 1 saturated carbocycles. The van der Waals surface area contributed by atoms with Crippen molar-refractivity contribution in [1.29, 1.82) is 0 Å². The van der Waals surface area contributed by atoms with Gasteiger partial charge in [-0.05, 0) is 62.4 Å². The van der Waals surface area contributed by atoms with Gasteiger partial charge < -0.3 is 20.4 Å². The van der Waals surface area contributed by atoms with Crippen molar-refractivity contribution in [2.45, 2.75) is 64.4 Å². The van der Waals surface area contributed by atoms with Crippen LogP contribution in [0.3, 0.4) is 0 Å². The highest BCUT2D eigenvalue weighted by atomic mass is 35.5. The molecule has 3 N–H and O–H groups in total. The monoisotopic (exact) mass is 605 g/mol. The molecule has 8 nitrogen and oxygen atoms in total. The van der Waals surface area contributed by atoms with Gasteiger partial charge in [0.05, 0.1) is 12.3 Å². The van der Waals surface area contributed by atoms with Crippen molar-refractivity contribution in [2.75, 3.05) is 13.2 Å². The number of nitrogens with zero attached hydrogens (tertiary/aromatic N) is 2. The van der Waals surface area contributed by atoms with Gasteiger partial charge >= 0.3 is 0 Å². The van der Waals surface area contributed by atoms with Gasteiger partial charge in [0.1, 0.15) is 5.69 Å². The molecule has 0 radical (unpaired) electrons. The minimum absolute atomic E-state index is 0.180. The average molecular weight is 606 g/mol. The molecular weight excluding hydrogens is 570 g/mol. The summed E-state index contributed by atoms with van der Waals surface area (Å²) in [5, 5.41) is 8.38. The SMILES string of the molecule is CC(C)N1CCc2nc(C(=O)N[C@@H]3CC(COCc4ccccc4)C[C@H]3NC(=O)c3cc4cc(Cl)ccc4[nH]3)sc2C1. The van der Waals surface area contributed by atoms with Crippen molar-refractivity contribution in [3.8, 4) is 0 Å². The van der Waals surface area contributed by atoms with Crippen molar-refractivity contribution in [3.05, 3.63) is 86.5 Å². The minimum Gasteiger partial charge on any atom is -0.376 e. The normalized spacial score (nSPS) is 20.6. The van der Waals surface area contributed by atoms with Crippen LogP contribution >= 0.6 is 22.9 Å². The number of amides is 2. The zero-order chi connectivity index (χ0) is 29.2. The molecule has 1 fully saturated rings. The summed E-state index contributed by atoms with van der Waals surface area (Å²) in [4.78, 5) is 38.3. The third-order valence-electron chi connectivity index (χ3n) is 8.27. The zero-order valence-electron chi connectivity index (χ0n) is 23.9. The molecule has 42 heavy (non-hydrogen) atoms. The first-order valence-corrected chi connectivity index (χ1v) is 15.8. The number of rotatable bonds is 9. The van der Waals surface area contributed by atoms with Gasteiger partial charge in [0.15, 0.2) is 5.01 Å². The number of hydrogen-bond donors (Lipinski definition) is 3. The van der Waals surface area contributed by atoms with Crippen LogP contribution in [0.15, 0.2) is 54.6 Å². The summed E-state index contributed by atoms with van der Waals surface area (Å²) in [5.41, 5.74) is 3.46. The first-order chi connectivity index (χ1) is 20.3. The van der Waals surface area contributed by atoms with Gasteiger partial charge in [0.2, 0.25) is 0 Å². The Bertz CT molecular complexity index is 1570. The van der Waals surface area contributed by atoms with Gasteiger partial charge in [-0.1, -0.05) is 41.9 Å². The number of carbonyl (C=O) groups is 2. The number of H-pyrrole nitrogens is 1. The van der Waals surface area contributed by atoms with E-state index in [2.05, 4.69) is 34.4 Å². The topological polar surface area (TPSA) is 99.3 Å². The Balaban J connectivity index is 1.14. The van der Waals surface area contributed by atoms with E-state index >= 15 is 0 Å². The summed E-state index contributed by atoms with van der Waals surface area (Å²) >= 11 is 7.62. The van der Waals surface area contributed by atoms with E-state index in [1.54, 1.807) is 12.1 Å². The van der Waals surface area contributed by atoms with Crippen LogP contribution in [-0.4, -0.2) is 58.0 Å². The number of nitrogens with one attached hydrogen (secondary N) is 3. The lowest BCUT2D eigenvalue weighted by Gasteiger charge is -2.29. The number of carbonyl (C=O) groups excluding carboxylic acids is 2. The van der Waals surface area contributed by atoms with Crippen LogP contribution in [0.2, 0.25) is 5.02 Å². The van der Waals surface area contributed by atoms with Gasteiger partial charge in [-0.25, -0.2) is 4.98 Å². The van der Waals surface area contributed by atoms with Crippen LogP contribution in [0.5, 0.6) is 0 Å². The smallest absolute Gasteiger partial charge is 0.280 e. The minimum atomic E-state index is -0.243. The Kier molecular flexibility index (Phi) is 8.62. The average Bonchev–Trinajstić information content (AvgIpc) is 3.70. The molecule has 0 saturated heterocycles. The number of thiazole rings is 1. The fourth-order valence-electron chi connectivity index (χ4n) is 5.97. The second-order valence-corrected chi connectivity index (χ2v) is 13.1. The highest BCUT2D eigenvalue weighted by molar-refractivity contribution is 7.13. The molecule has 1 aliphatic carbocycles. The standard InChI is InChI=1S/C32H36ClN5O3S/c1-19(2)38-11-10-25-29(16-38)42-32(37-25)31(40)36-27-13-21(18-41-17-20-6-4-3-5-7-20)12-26(27)35-30(39)28-15-22-14-23(33)8-9-24(22)34-28/h3-9,14-15,19,21,26-27,34H,10-13,16-18H2,1-2H3,(H,35,39)(H,36,40)/t21?,26-,27-/m1/s1. The van der Waals surface area contributed by atoms with Crippen LogP contribution in [-0.2, 0) is 24.3 Å². The van der Waals surface area contributed by atoms with Crippen LogP contribution < -0.4 is 10.6 Å². The van der Waals surface area contributed by atoms with E-state index < -0.39 is 0 Å². The van der Waals surface area contributed by atoms with Crippen molar-refractivity contribution < 1.29 is 14.3 Å². The molecule has 1 aliphatic heterocycles. The van der Waals surface area contributed by atoms with E-state index in [0.29, 0.717) is 47.8 Å². The molecule has 6 rings (SSSR count). The number of fused-ring (bicyclic) bond motifs is 2. The van der Waals surface area contributed by atoms with Crippen molar-refractivity contribution >= 4 is 45.7 Å². The fourth-order valence-corrected chi connectivity index (χ4v) is 7.19. The molecule has 3 atom stereocenters. The predicted octanol–water partition coefficient (Wildman–Crippen LogP) is 5.57. The van der Waals surface area contributed by atoms with E-state index in [4.69, 9.17) is 21.3 Å². The van der Waals surface area contributed by atoms with Crippen LogP contribution in [0.4, 0.5) is 0 Å². The Labute approximate surface area is 254 Å². The largest absolute Gasteiger partial charge is 0.376 e. The number of aromatic amines is 1. The Morgan fingerprint density at radius 3 is 2.62 bits per heavy atom. The maximum atomic E-state index is 13.5. The number of benzene rings is 2. The third kappa shape index (κ3) is 6.54. The van der Waals surface area contributed by atoms with Crippen molar-refractivity contribution in [3.63, 3.8) is 0 Å². The van der Waals surface area contributed by atoms with Gasteiger partial charge in [0.25, 0.3) is 11.8 Å². The highest BCUT2D eigenvalue weighted by Crippen LogP contribution is 2.30. The van der Waals surface area contributed by atoms with Crippen molar-refractivity contribution in [1.82, 2.24) is 25.5 Å². The lowest BCUT2D eigenvalue weighted by atomic mass is 10.1. The number of halogens is 1. The lowest BCUT2D eigenvalue weighted by molar-refractivity contribution is 0.0857. The molecule has 2 aromatic heterocycles. The summed E-state index contributed by atoms with van der Waals surface area (Å²) in [7, 11) is 0. The molecule has 0 bridgehead atoms. The Morgan fingerprint density at radius 1 is 1.10 bits per heavy atom. The Morgan fingerprint density at radius 2 is 1.86 bits per heavy atom. The highest BCUT2D eigenvalue weighted by Gasteiger charge is 2.37. The summed E-state index contributed by atoms with van der Waals surface area (Å²) in [5.74, 6) is -0.202. The van der Waals surface area contributed by atoms with Crippen LogP contribution in [0.25, 0.3) is 10.9 Å². The van der Waals surface area contributed by atoms with E-state index in [0.717, 1.165) is 41.7 Å². The van der Waals surface area contributed by atoms with E-state index in [9.17, 15) is 9.59 Å². The Hall–Kier alpha value is -3.24. The summed E-state index contributed by atoms with van der Waals surface area (Å²) in [6, 6.07) is 17.3. The third-order valence-corrected chi connectivity index (χ3v) is 9.59. The van der Waals surface area contributed by atoms with Gasteiger partial charge in [-0.2, -0.15) is 0 Å². The maximum Gasteiger partial charge on any atom is 0.280 e. The van der Waals surface area contributed by atoms with Gasteiger partial charge in [0, 0.05) is 65.0 Å². The van der Waals surface area contributed by atoms with Crippen LogP contribution in [0.1, 0.15) is 63.1 Å². The van der Waals surface area contributed by atoms with E-state index in [1.165, 1.54) is 16.2 Å². The molecule has 4 aromatic rings. The second kappa shape index (κ2) is 12.6. The first-order valence-electron chi connectivity index (χ1n) is 14.6. The molecule has 1 unspecified atom stereocenters. The molecular formula is C32H36ClN5O3S. The molecule has 2 aromatic carbocycles. The molecule has 2 amide bonds. The zero-order valence-corrected chi connectivity index (χ0v) is 25.4. The summed E-state index contributed by atoms with van der Waals surface area (Å²) in [6.07, 6.45) is 2.27. The number of ether oxygens (including phenoxy) is 1. The second-order valence-electron chi connectivity index (χ2n) is 11.6. The lowest BCUT2D eigenvalue weighted by Crippen LogP contribution is -2.48. The number of hydrogen-bond acceptors (Lipinski definition) is 6. The van der Waals surface area contributed by atoms with Gasteiger partial charge in [-0.15, -0.1) is 11.3 Å². The molecule has 220 valence electrons. The van der Waals surface area contributed by atoms with E-state index in [1.807, 2.05) is 42.5 Å². The van der Waals surface area contributed by atoms with E-state index in [-0.39, 0.29) is 29.8 Å². The number of aromatic nitrogens is 2. The predicted molar refractivity (Wildman–Crippen MR) is 166 cm³/mol. The molecule has 2 aliphatic rings. The molecule has 10 heteroatoms. The molecule has 3 heterocycles. The first kappa shape index (κ1) is 28.9. The van der Waals surface area contributed by atoms with Gasteiger partial charge in [-0.3, -0.25) is 14.5 Å². The van der Waals surface area contributed by atoms with Crippen LogP contribution in [0, 0.1) is 5.92 Å². The molecule has 0 spiro atoms. The van der Waals surface area contributed by atoms with Crippen molar-refractivity contribution in [2.24, 2.45) is 5.92 Å². The summed E-state index contributed by atoms with van der Waals surface area (Å²) < 4.78 is 6.06. The summed E-state index contributed by atoms with van der Waals surface area (Å²) in [6.45, 7) is 7.25. The quantitative estimate of drug-likeness (QED) is 0.232. The fraction of sp³-hybridized carbons (Fsp3) is 0.406. The maximum absolute atomic E-state index is 13.5.